The molecule has 0 radical (unpaired) electrons. The predicted molar refractivity (Wildman–Crippen MR) is 75.2 cm³/mol. The van der Waals surface area contributed by atoms with Crippen LogP contribution in [0.5, 0.6) is 5.75 Å². The van der Waals surface area contributed by atoms with E-state index < -0.39 is 5.54 Å². The lowest BCUT2D eigenvalue weighted by Gasteiger charge is -2.23. The fourth-order valence-electron chi connectivity index (χ4n) is 1.57. The number of rotatable bonds is 7. The molecule has 0 aromatic heterocycles. The number of carbonyl (C=O) groups is 1. The Kier molecular flexibility index (Phi) is 5.83. The van der Waals surface area contributed by atoms with Crippen molar-refractivity contribution in [2.24, 2.45) is 0 Å². The first-order valence-electron chi connectivity index (χ1n) is 6.54. The van der Waals surface area contributed by atoms with Crippen molar-refractivity contribution in [2.45, 2.75) is 39.3 Å². The molecule has 0 atom stereocenters. The van der Waals surface area contributed by atoms with Crippen LogP contribution < -0.4 is 10.1 Å². The Labute approximate surface area is 115 Å². The maximum absolute atomic E-state index is 11.5. The second-order valence-corrected chi connectivity index (χ2v) is 4.96. The van der Waals surface area contributed by atoms with E-state index in [1.807, 2.05) is 24.3 Å². The van der Waals surface area contributed by atoms with E-state index in [1.54, 1.807) is 13.8 Å². The van der Waals surface area contributed by atoms with Crippen LogP contribution in [0.25, 0.3) is 0 Å². The third-order valence-electron chi connectivity index (χ3n) is 2.83. The van der Waals surface area contributed by atoms with Crippen LogP contribution in [-0.4, -0.2) is 25.2 Å². The summed E-state index contributed by atoms with van der Waals surface area (Å²) in [5.41, 5.74) is 0.410. The predicted octanol–water partition coefficient (Wildman–Crippen LogP) is 2.52. The standard InChI is InChI=1S/C15H23NO3/c1-5-10-19-13-8-6-12(7-9-13)11-16-15(2,3)14(17)18-4/h6-9,16H,5,10-11H2,1-4H3. The summed E-state index contributed by atoms with van der Waals surface area (Å²) in [4.78, 5) is 11.5. The average molecular weight is 265 g/mol. The molecule has 106 valence electrons. The van der Waals surface area contributed by atoms with Gasteiger partial charge in [0.15, 0.2) is 0 Å². The Morgan fingerprint density at radius 1 is 1.26 bits per heavy atom. The van der Waals surface area contributed by atoms with Crippen LogP contribution >= 0.6 is 0 Å². The molecule has 1 N–H and O–H groups in total. The molecule has 0 bridgehead atoms. The quantitative estimate of drug-likeness (QED) is 0.770. The van der Waals surface area contributed by atoms with Gasteiger partial charge in [-0.2, -0.15) is 0 Å². The van der Waals surface area contributed by atoms with E-state index in [4.69, 9.17) is 9.47 Å². The Morgan fingerprint density at radius 2 is 1.89 bits per heavy atom. The average Bonchev–Trinajstić information content (AvgIpc) is 2.43. The van der Waals surface area contributed by atoms with Crippen molar-refractivity contribution in [3.05, 3.63) is 29.8 Å². The highest BCUT2D eigenvalue weighted by atomic mass is 16.5. The van der Waals surface area contributed by atoms with Gasteiger partial charge < -0.3 is 9.47 Å². The van der Waals surface area contributed by atoms with Gasteiger partial charge in [0, 0.05) is 6.54 Å². The van der Waals surface area contributed by atoms with Crippen LogP contribution in [-0.2, 0) is 16.1 Å². The number of benzene rings is 1. The summed E-state index contributed by atoms with van der Waals surface area (Å²) in [6.07, 6.45) is 0.997. The number of ether oxygens (including phenoxy) is 2. The van der Waals surface area contributed by atoms with Gasteiger partial charge in [0.05, 0.1) is 13.7 Å². The number of methoxy groups -OCH3 is 1. The number of nitrogens with one attached hydrogen (secondary N) is 1. The van der Waals surface area contributed by atoms with Crippen LogP contribution in [0.3, 0.4) is 0 Å². The summed E-state index contributed by atoms with van der Waals surface area (Å²) in [5, 5.41) is 3.17. The van der Waals surface area contributed by atoms with E-state index in [0.29, 0.717) is 6.54 Å². The Morgan fingerprint density at radius 3 is 2.42 bits per heavy atom. The third-order valence-corrected chi connectivity index (χ3v) is 2.83. The zero-order valence-electron chi connectivity index (χ0n) is 12.2. The molecule has 1 rings (SSSR count). The molecule has 0 aliphatic carbocycles. The molecule has 0 fully saturated rings. The van der Waals surface area contributed by atoms with Crippen molar-refractivity contribution in [1.82, 2.24) is 5.32 Å². The van der Waals surface area contributed by atoms with E-state index in [-0.39, 0.29) is 5.97 Å². The monoisotopic (exact) mass is 265 g/mol. The number of carbonyl (C=O) groups excluding carboxylic acids is 1. The molecule has 4 nitrogen and oxygen atoms in total. The van der Waals surface area contributed by atoms with Crippen molar-refractivity contribution in [3.63, 3.8) is 0 Å². The summed E-state index contributed by atoms with van der Waals surface area (Å²) in [5.74, 6) is 0.605. The van der Waals surface area contributed by atoms with Gasteiger partial charge in [0.1, 0.15) is 11.3 Å². The summed E-state index contributed by atoms with van der Waals surface area (Å²) in [6.45, 7) is 7.02. The van der Waals surface area contributed by atoms with Gasteiger partial charge >= 0.3 is 5.97 Å². The van der Waals surface area contributed by atoms with Crippen molar-refractivity contribution < 1.29 is 14.3 Å². The minimum absolute atomic E-state index is 0.268. The lowest BCUT2D eigenvalue weighted by Crippen LogP contribution is -2.46. The largest absolute Gasteiger partial charge is 0.494 e. The highest BCUT2D eigenvalue weighted by molar-refractivity contribution is 5.79. The fourth-order valence-corrected chi connectivity index (χ4v) is 1.57. The van der Waals surface area contributed by atoms with Crippen LogP contribution in [0.4, 0.5) is 0 Å². The number of hydrogen-bond donors (Lipinski definition) is 1. The molecule has 0 heterocycles. The topological polar surface area (TPSA) is 47.6 Å². The zero-order valence-corrected chi connectivity index (χ0v) is 12.2. The maximum atomic E-state index is 11.5. The molecule has 0 saturated heterocycles. The van der Waals surface area contributed by atoms with Crippen LogP contribution in [0.15, 0.2) is 24.3 Å². The minimum Gasteiger partial charge on any atom is -0.494 e. The van der Waals surface area contributed by atoms with Crippen LogP contribution in [0, 0.1) is 0 Å². The first-order chi connectivity index (χ1) is 8.99. The second kappa shape index (κ2) is 7.14. The molecule has 4 heteroatoms. The van der Waals surface area contributed by atoms with E-state index in [9.17, 15) is 4.79 Å². The zero-order chi connectivity index (χ0) is 14.3. The van der Waals surface area contributed by atoms with Gasteiger partial charge in [-0.3, -0.25) is 10.1 Å². The molecule has 0 unspecified atom stereocenters. The smallest absolute Gasteiger partial charge is 0.325 e. The molecule has 0 aliphatic rings. The van der Waals surface area contributed by atoms with Crippen molar-refractivity contribution >= 4 is 5.97 Å². The van der Waals surface area contributed by atoms with Crippen molar-refractivity contribution in [3.8, 4) is 5.75 Å². The van der Waals surface area contributed by atoms with Crippen LogP contribution in [0.1, 0.15) is 32.8 Å². The molecule has 0 amide bonds. The van der Waals surface area contributed by atoms with Gasteiger partial charge in [-0.05, 0) is 38.0 Å². The SMILES string of the molecule is CCCOc1ccc(CNC(C)(C)C(=O)OC)cc1. The molecule has 1 aromatic carbocycles. The fraction of sp³-hybridized carbons (Fsp3) is 0.533. The second-order valence-electron chi connectivity index (χ2n) is 4.96. The molecular weight excluding hydrogens is 242 g/mol. The van der Waals surface area contributed by atoms with Gasteiger partial charge in [-0.25, -0.2) is 0 Å². The summed E-state index contributed by atoms with van der Waals surface area (Å²) >= 11 is 0. The summed E-state index contributed by atoms with van der Waals surface area (Å²) in [7, 11) is 1.39. The van der Waals surface area contributed by atoms with Gasteiger partial charge in [-0.1, -0.05) is 19.1 Å². The number of hydrogen-bond acceptors (Lipinski definition) is 4. The van der Waals surface area contributed by atoms with E-state index in [1.165, 1.54) is 7.11 Å². The van der Waals surface area contributed by atoms with Crippen molar-refractivity contribution in [2.75, 3.05) is 13.7 Å². The number of esters is 1. The van der Waals surface area contributed by atoms with E-state index in [0.717, 1.165) is 24.3 Å². The molecule has 0 spiro atoms. The molecule has 19 heavy (non-hydrogen) atoms. The highest BCUT2D eigenvalue weighted by Gasteiger charge is 2.27. The lowest BCUT2D eigenvalue weighted by atomic mass is 10.1. The first-order valence-corrected chi connectivity index (χ1v) is 6.54. The third kappa shape index (κ3) is 4.91. The van der Waals surface area contributed by atoms with Crippen molar-refractivity contribution in [1.29, 1.82) is 0 Å². The normalized spacial score (nSPS) is 11.2. The minimum atomic E-state index is -0.688. The molecule has 0 aliphatic heterocycles. The van der Waals surface area contributed by atoms with E-state index >= 15 is 0 Å². The highest BCUT2D eigenvalue weighted by Crippen LogP contribution is 2.13. The van der Waals surface area contributed by atoms with Gasteiger partial charge in [0.25, 0.3) is 0 Å². The Balaban J connectivity index is 2.52. The molecule has 1 aromatic rings. The maximum Gasteiger partial charge on any atom is 0.325 e. The van der Waals surface area contributed by atoms with Gasteiger partial charge in [0.2, 0.25) is 0 Å². The lowest BCUT2D eigenvalue weighted by molar-refractivity contribution is -0.147. The van der Waals surface area contributed by atoms with E-state index in [2.05, 4.69) is 12.2 Å². The van der Waals surface area contributed by atoms with Gasteiger partial charge in [-0.15, -0.1) is 0 Å². The summed E-state index contributed by atoms with van der Waals surface area (Å²) in [6, 6.07) is 7.87. The summed E-state index contributed by atoms with van der Waals surface area (Å²) < 4.78 is 10.3. The molecule has 0 saturated carbocycles. The molecular formula is C15H23NO3. The van der Waals surface area contributed by atoms with Crippen LogP contribution in [0.2, 0.25) is 0 Å². The first kappa shape index (κ1) is 15.5. The Hall–Kier alpha value is -1.55. The Bertz CT molecular complexity index is 398.